The minimum Gasteiger partial charge on any atom is -0.494 e. The molecule has 0 spiro atoms. The van der Waals surface area contributed by atoms with Gasteiger partial charge in [-0.2, -0.15) is 0 Å². The second-order valence-corrected chi connectivity index (χ2v) is 6.25. The van der Waals surface area contributed by atoms with E-state index in [2.05, 4.69) is 10.6 Å². The maximum atomic E-state index is 12.0. The molecule has 1 amide bonds. The van der Waals surface area contributed by atoms with Crippen molar-refractivity contribution in [3.8, 4) is 5.75 Å². The van der Waals surface area contributed by atoms with Gasteiger partial charge in [-0.3, -0.25) is 4.79 Å². The maximum Gasteiger partial charge on any atom is 0.224 e. The van der Waals surface area contributed by atoms with Crippen LogP contribution >= 0.6 is 12.4 Å². The molecular weight excluding hydrogens is 324 g/mol. The van der Waals surface area contributed by atoms with Crippen molar-refractivity contribution in [3.05, 3.63) is 29.8 Å². The summed E-state index contributed by atoms with van der Waals surface area (Å²) in [6.07, 6.45) is 8.40. The van der Waals surface area contributed by atoms with E-state index in [-0.39, 0.29) is 18.3 Å². The molecule has 1 fully saturated rings. The number of carbonyl (C=O) groups is 1. The molecule has 0 aliphatic heterocycles. The molecule has 0 heterocycles. The van der Waals surface area contributed by atoms with Gasteiger partial charge < -0.3 is 15.4 Å². The normalized spacial score (nSPS) is 15.2. The molecule has 0 radical (unpaired) electrons. The minimum absolute atomic E-state index is 0. The van der Waals surface area contributed by atoms with E-state index in [9.17, 15) is 4.79 Å². The van der Waals surface area contributed by atoms with Gasteiger partial charge in [0.05, 0.1) is 13.0 Å². The molecule has 24 heavy (non-hydrogen) atoms. The summed E-state index contributed by atoms with van der Waals surface area (Å²) < 4.78 is 5.40. The summed E-state index contributed by atoms with van der Waals surface area (Å²) in [4.78, 5) is 12.0. The van der Waals surface area contributed by atoms with Crippen molar-refractivity contribution >= 4 is 18.3 Å². The highest BCUT2D eigenvalue weighted by atomic mass is 35.5. The van der Waals surface area contributed by atoms with E-state index in [0.29, 0.717) is 25.6 Å². The largest absolute Gasteiger partial charge is 0.494 e. The molecule has 0 bridgehead atoms. The maximum absolute atomic E-state index is 12.0. The number of halogens is 1. The van der Waals surface area contributed by atoms with E-state index in [1.165, 1.54) is 38.5 Å². The van der Waals surface area contributed by atoms with Crippen molar-refractivity contribution < 1.29 is 9.53 Å². The number of nitrogens with one attached hydrogen (secondary N) is 2. The van der Waals surface area contributed by atoms with Crippen LogP contribution in [0.5, 0.6) is 5.75 Å². The van der Waals surface area contributed by atoms with Crippen LogP contribution in [0, 0.1) is 0 Å². The molecule has 0 atom stereocenters. The van der Waals surface area contributed by atoms with E-state index in [4.69, 9.17) is 4.74 Å². The SMILES string of the molecule is CCOc1ccc(CC(=O)NCCNC2CCCCCC2)cc1.Cl. The molecule has 1 saturated carbocycles. The fourth-order valence-corrected chi connectivity index (χ4v) is 3.08. The molecule has 0 unspecified atom stereocenters. The zero-order valence-corrected chi connectivity index (χ0v) is 15.5. The number of benzene rings is 1. The molecule has 5 heteroatoms. The third kappa shape index (κ3) is 8.02. The third-order valence-corrected chi connectivity index (χ3v) is 4.33. The number of ether oxygens (including phenoxy) is 1. The van der Waals surface area contributed by atoms with E-state index < -0.39 is 0 Å². The lowest BCUT2D eigenvalue weighted by atomic mass is 10.1. The number of amides is 1. The standard InChI is InChI=1S/C19H30N2O2.ClH/c1-2-23-18-11-9-16(10-12-18)15-19(22)21-14-13-20-17-7-5-3-4-6-8-17;/h9-12,17,20H,2-8,13-15H2,1H3,(H,21,22);1H. The van der Waals surface area contributed by atoms with Gasteiger partial charge in [-0.1, -0.05) is 37.8 Å². The van der Waals surface area contributed by atoms with E-state index in [1.54, 1.807) is 0 Å². The van der Waals surface area contributed by atoms with Gasteiger partial charge in [-0.05, 0) is 37.5 Å². The molecule has 4 nitrogen and oxygen atoms in total. The minimum atomic E-state index is 0. The quantitative estimate of drug-likeness (QED) is 0.555. The number of rotatable bonds is 8. The van der Waals surface area contributed by atoms with Crippen molar-refractivity contribution in [3.63, 3.8) is 0 Å². The van der Waals surface area contributed by atoms with Gasteiger partial charge in [0.2, 0.25) is 5.91 Å². The Morgan fingerprint density at radius 1 is 1.08 bits per heavy atom. The molecule has 1 aliphatic carbocycles. The first kappa shape index (κ1) is 20.8. The summed E-state index contributed by atoms with van der Waals surface area (Å²) in [6, 6.07) is 8.38. The van der Waals surface area contributed by atoms with Crippen LogP contribution in [0.3, 0.4) is 0 Å². The Kier molecular flexibility index (Phi) is 10.5. The molecule has 1 aliphatic rings. The van der Waals surface area contributed by atoms with Crippen LogP contribution in [0.25, 0.3) is 0 Å². The van der Waals surface area contributed by atoms with Gasteiger partial charge in [-0.15, -0.1) is 12.4 Å². The molecule has 136 valence electrons. The summed E-state index contributed by atoms with van der Waals surface area (Å²) in [6.45, 7) is 4.18. The Hall–Kier alpha value is -1.26. The van der Waals surface area contributed by atoms with Gasteiger partial charge >= 0.3 is 0 Å². The van der Waals surface area contributed by atoms with Gasteiger partial charge in [0.15, 0.2) is 0 Å². The topological polar surface area (TPSA) is 50.4 Å². The first-order chi connectivity index (χ1) is 11.3. The Morgan fingerprint density at radius 3 is 2.38 bits per heavy atom. The summed E-state index contributed by atoms with van der Waals surface area (Å²) in [7, 11) is 0. The van der Waals surface area contributed by atoms with Gasteiger partial charge in [0.1, 0.15) is 5.75 Å². The molecular formula is C19H31ClN2O2. The first-order valence-electron chi connectivity index (χ1n) is 8.99. The molecule has 2 rings (SSSR count). The number of carbonyl (C=O) groups excluding carboxylic acids is 1. The lowest BCUT2D eigenvalue weighted by Gasteiger charge is -2.16. The zero-order valence-electron chi connectivity index (χ0n) is 14.7. The molecule has 1 aromatic carbocycles. The first-order valence-corrected chi connectivity index (χ1v) is 8.99. The zero-order chi connectivity index (χ0) is 16.3. The second kappa shape index (κ2) is 12.2. The highest BCUT2D eigenvalue weighted by Gasteiger charge is 2.11. The highest BCUT2D eigenvalue weighted by Crippen LogP contribution is 2.16. The van der Waals surface area contributed by atoms with Gasteiger partial charge in [-0.25, -0.2) is 0 Å². The van der Waals surface area contributed by atoms with Crippen LogP contribution in [0.1, 0.15) is 51.0 Å². The Morgan fingerprint density at radius 2 is 1.75 bits per heavy atom. The van der Waals surface area contributed by atoms with Crippen LogP contribution in [0.4, 0.5) is 0 Å². The fraction of sp³-hybridized carbons (Fsp3) is 0.632. The van der Waals surface area contributed by atoms with Crippen LogP contribution in [0.15, 0.2) is 24.3 Å². The van der Waals surface area contributed by atoms with Crippen molar-refractivity contribution in [2.45, 2.75) is 57.9 Å². The smallest absolute Gasteiger partial charge is 0.224 e. The summed E-state index contributed by atoms with van der Waals surface area (Å²) in [5, 5.41) is 6.56. The summed E-state index contributed by atoms with van der Waals surface area (Å²) >= 11 is 0. The lowest BCUT2D eigenvalue weighted by Crippen LogP contribution is -2.37. The average molecular weight is 355 g/mol. The van der Waals surface area contributed by atoms with Crippen molar-refractivity contribution in [2.24, 2.45) is 0 Å². The van der Waals surface area contributed by atoms with E-state index >= 15 is 0 Å². The van der Waals surface area contributed by atoms with Crippen molar-refractivity contribution in [1.82, 2.24) is 10.6 Å². The molecule has 0 aromatic heterocycles. The second-order valence-electron chi connectivity index (χ2n) is 6.25. The molecule has 1 aromatic rings. The predicted octanol–water partition coefficient (Wildman–Crippen LogP) is 3.48. The monoisotopic (exact) mass is 354 g/mol. The Balaban J connectivity index is 0.00000288. The summed E-state index contributed by atoms with van der Waals surface area (Å²) in [5.74, 6) is 0.932. The van der Waals surface area contributed by atoms with E-state index in [0.717, 1.165) is 17.9 Å². The van der Waals surface area contributed by atoms with E-state index in [1.807, 2.05) is 31.2 Å². The Labute approximate surface area is 152 Å². The van der Waals surface area contributed by atoms with Crippen LogP contribution in [-0.2, 0) is 11.2 Å². The van der Waals surface area contributed by atoms with Crippen molar-refractivity contribution in [2.75, 3.05) is 19.7 Å². The van der Waals surface area contributed by atoms with Gasteiger partial charge in [0, 0.05) is 19.1 Å². The lowest BCUT2D eigenvalue weighted by molar-refractivity contribution is -0.120. The molecule has 2 N–H and O–H groups in total. The van der Waals surface area contributed by atoms with Crippen LogP contribution in [-0.4, -0.2) is 31.6 Å². The number of hydrogen-bond donors (Lipinski definition) is 2. The van der Waals surface area contributed by atoms with Crippen LogP contribution < -0.4 is 15.4 Å². The molecule has 0 saturated heterocycles. The van der Waals surface area contributed by atoms with Crippen molar-refractivity contribution in [1.29, 1.82) is 0 Å². The Bertz CT molecular complexity index is 457. The average Bonchev–Trinajstić information content (AvgIpc) is 2.82. The third-order valence-electron chi connectivity index (χ3n) is 4.33. The summed E-state index contributed by atoms with van der Waals surface area (Å²) in [5.41, 5.74) is 1.02. The highest BCUT2D eigenvalue weighted by molar-refractivity contribution is 5.85. The van der Waals surface area contributed by atoms with Gasteiger partial charge in [0.25, 0.3) is 0 Å². The number of hydrogen-bond acceptors (Lipinski definition) is 3. The predicted molar refractivity (Wildman–Crippen MR) is 101 cm³/mol. The van der Waals surface area contributed by atoms with Crippen LogP contribution in [0.2, 0.25) is 0 Å². The fourth-order valence-electron chi connectivity index (χ4n) is 3.08.